The molecule has 1 aliphatic rings. The summed E-state index contributed by atoms with van der Waals surface area (Å²) in [7, 11) is 0. The summed E-state index contributed by atoms with van der Waals surface area (Å²) in [6, 6.07) is 8.39. The molecule has 0 amide bonds. The van der Waals surface area contributed by atoms with Crippen LogP contribution in [0.2, 0.25) is 0 Å². The fraction of sp³-hybridized carbons (Fsp3) is 0.385. The highest BCUT2D eigenvalue weighted by atomic mass is 79.9. The molecule has 3 rings (SSSR count). The molecule has 0 N–H and O–H groups in total. The molecule has 1 saturated heterocycles. The molecule has 4 nitrogen and oxygen atoms in total. The van der Waals surface area contributed by atoms with Gasteiger partial charge in [-0.05, 0) is 24.6 Å². The normalized spacial score (nSPS) is 17.4. The van der Waals surface area contributed by atoms with Crippen LogP contribution in [0.3, 0.4) is 0 Å². The van der Waals surface area contributed by atoms with E-state index in [0.29, 0.717) is 0 Å². The van der Waals surface area contributed by atoms with E-state index in [4.69, 9.17) is 4.74 Å². The van der Waals surface area contributed by atoms with Crippen LogP contribution < -0.4 is 0 Å². The van der Waals surface area contributed by atoms with E-state index in [2.05, 4.69) is 44.3 Å². The van der Waals surface area contributed by atoms with Gasteiger partial charge in [-0.15, -0.1) is 0 Å². The Morgan fingerprint density at radius 2 is 2.28 bits per heavy atom. The average Bonchev–Trinajstić information content (AvgIpc) is 2.69. The van der Waals surface area contributed by atoms with Crippen molar-refractivity contribution < 1.29 is 4.74 Å². The number of rotatable bonds is 3. The number of hydrogen-bond acceptors (Lipinski definition) is 3. The Kier molecular flexibility index (Phi) is 2.95. The van der Waals surface area contributed by atoms with Crippen LogP contribution in [-0.2, 0) is 16.7 Å². The van der Waals surface area contributed by atoms with Crippen LogP contribution in [0.4, 0.5) is 0 Å². The van der Waals surface area contributed by atoms with Gasteiger partial charge in [0.25, 0.3) is 0 Å². The Balaban J connectivity index is 1.90. The number of halogens is 1. The van der Waals surface area contributed by atoms with Crippen LogP contribution in [-0.4, -0.2) is 28.2 Å². The first-order valence-corrected chi connectivity index (χ1v) is 6.68. The second-order valence-corrected chi connectivity index (χ2v) is 5.72. The van der Waals surface area contributed by atoms with Crippen LogP contribution in [0.5, 0.6) is 0 Å². The minimum atomic E-state index is 0.00917. The van der Waals surface area contributed by atoms with Crippen molar-refractivity contribution >= 4 is 15.9 Å². The second-order valence-electron chi connectivity index (χ2n) is 4.80. The van der Waals surface area contributed by atoms with Gasteiger partial charge in [0.1, 0.15) is 0 Å². The minimum absolute atomic E-state index is 0.00917. The fourth-order valence-electron chi connectivity index (χ4n) is 2.25. The smallest absolute Gasteiger partial charge is 0.0796 e. The molecular formula is C13H14BrN3O. The summed E-state index contributed by atoms with van der Waals surface area (Å²) in [5.41, 5.74) is 2.23. The van der Waals surface area contributed by atoms with E-state index in [-0.39, 0.29) is 5.41 Å². The molecule has 2 aromatic rings. The Labute approximate surface area is 114 Å². The van der Waals surface area contributed by atoms with E-state index in [1.165, 1.54) is 5.56 Å². The number of ether oxygens (including phenoxy) is 1. The lowest BCUT2D eigenvalue weighted by Gasteiger charge is -2.41. The van der Waals surface area contributed by atoms with Crippen LogP contribution in [0.25, 0.3) is 0 Å². The van der Waals surface area contributed by atoms with E-state index < -0.39 is 0 Å². The largest absolute Gasteiger partial charge is 0.379 e. The monoisotopic (exact) mass is 307 g/mol. The molecule has 0 bridgehead atoms. The summed E-state index contributed by atoms with van der Waals surface area (Å²) >= 11 is 3.52. The third kappa shape index (κ3) is 2.08. The Hall–Kier alpha value is -1.20. The van der Waals surface area contributed by atoms with Crippen molar-refractivity contribution in [3.63, 3.8) is 0 Å². The van der Waals surface area contributed by atoms with Gasteiger partial charge in [0.2, 0.25) is 0 Å². The SMILES string of the molecule is Cc1cnn(CC2(c3cccc(Br)c3)COC2)n1. The van der Waals surface area contributed by atoms with Gasteiger partial charge < -0.3 is 4.74 Å². The van der Waals surface area contributed by atoms with Crippen LogP contribution in [0.1, 0.15) is 11.3 Å². The number of hydrogen-bond donors (Lipinski definition) is 0. The van der Waals surface area contributed by atoms with Crippen molar-refractivity contribution in [1.29, 1.82) is 0 Å². The van der Waals surface area contributed by atoms with E-state index in [1.807, 2.05) is 13.0 Å². The third-order valence-electron chi connectivity index (χ3n) is 3.29. The van der Waals surface area contributed by atoms with Gasteiger partial charge in [-0.3, -0.25) is 0 Å². The van der Waals surface area contributed by atoms with Gasteiger partial charge in [0.05, 0.1) is 37.1 Å². The lowest BCUT2D eigenvalue weighted by atomic mass is 9.79. The molecule has 18 heavy (non-hydrogen) atoms. The first-order valence-electron chi connectivity index (χ1n) is 5.89. The van der Waals surface area contributed by atoms with Crippen molar-refractivity contribution in [2.24, 2.45) is 0 Å². The summed E-state index contributed by atoms with van der Waals surface area (Å²) in [5, 5.41) is 8.63. The average molecular weight is 308 g/mol. The van der Waals surface area contributed by atoms with Gasteiger partial charge in [0.15, 0.2) is 0 Å². The minimum Gasteiger partial charge on any atom is -0.379 e. The van der Waals surface area contributed by atoms with E-state index in [1.54, 1.807) is 11.0 Å². The molecule has 0 saturated carbocycles. The summed E-state index contributed by atoms with van der Waals surface area (Å²) in [4.78, 5) is 1.76. The molecule has 1 aromatic heterocycles. The Bertz CT molecular complexity index is 563. The highest BCUT2D eigenvalue weighted by molar-refractivity contribution is 9.10. The maximum Gasteiger partial charge on any atom is 0.0796 e. The molecule has 94 valence electrons. The molecule has 5 heteroatoms. The molecule has 1 fully saturated rings. The van der Waals surface area contributed by atoms with Crippen molar-refractivity contribution in [2.75, 3.05) is 13.2 Å². The number of aryl methyl sites for hydroxylation is 1. The molecule has 1 aromatic carbocycles. The van der Waals surface area contributed by atoms with Crippen LogP contribution in [0, 0.1) is 6.92 Å². The van der Waals surface area contributed by atoms with Crippen molar-refractivity contribution in [1.82, 2.24) is 15.0 Å². The fourth-order valence-corrected chi connectivity index (χ4v) is 2.65. The standard InChI is InChI=1S/C13H14BrN3O/c1-10-6-15-17(16-10)7-13(8-18-9-13)11-3-2-4-12(14)5-11/h2-6H,7-9H2,1H3. The van der Waals surface area contributed by atoms with Crippen molar-refractivity contribution in [2.45, 2.75) is 18.9 Å². The molecule has 0 radical (unpaired) electrons. The predicted molar refractivity (Wildman–Crippen MR) is 71.4 cm³/mol. The highest BCUT2D eigenvalue weighted by Gasteiger charge is 2.41. The molecule has 0 unspecified atom stereocenters. The lowest BCUT2D eigenvalue weighted by Crippen LogP contribution is -2.50. The third-order valence-corrected chi connectivity index (χ3v) is 3.78. The quantitative estimate of drug-likeness (QED) is 0.873. The maximum atomic E-state index is 5.43. The second kappa shape index (κ2) is 4.48. The van der Waals surface area contributed by atoms with E-state index in [9.17, 15) is 0 Å². The van der Waals surface area contributed by atoms with Gasteiger partial charge in [-0.25, -0.2) is 0 Å². The van der Waals surface area contributed by atoms with Crippen molar-refractivity contribution in [3.8, 4) is 0 Å². The van der Waals surface area contributed by atoms with Gasteiger partial charge in [-0.1, -0.05) is 28.1 Å². The van der Waals surface area contributed by atoms with Gasteiger partial charge in [-0.2, -0.15) is 15.0 Å². The maximum absolute atomic E-state index is 5.43. The van der Waals surface area contributed by atoms with E-state index in [0.717, 1.165) is 29.9 Å². The van der Waals surface area contributed by atoms with Crippen LogP contribution >= 0.6 is 15.9 Å². The van der Waals surface area contributed by atoms with Gasteiger partial charge in [0, 0.05) is 4.47 Å². The zero-order valence-corrected chi connectivity index (χ0v) is 11.7. The zero-order chi connectivity index (χ0) is 12.6. The summed E-state index contributed by atoms with van der Waals surface area (Å²) in [6.45, 7) is 4.16. The molecular weight excluding hydrogens is 294 g/mol. The van der Waals surface area contributed by atoms with Crippen LogP contribution in [0.15, 0.2) is 34.9 Å². The summed E-state index contributed by atoms with van der Waals surface area (Å²) in [6.07, 6.45) is 1.79. The van der Waals surface area contributed by atoms with Gasteiger partial charge >= 0.3 is 0 Å². The zero-order valence-electron chi connectivity index (χ0n) is 10.1. The number of nitrogens with zero attached hydrogens (tertiary/aromatic N) is 3. The topological polar surface area (TPSA) is 39.9 Å². The molecule has 2 heterocycles. The number of benzene rings is 1. The predicted octanol–water partition coefficient (Wildman–Crippen LogP) is 2.32. The molecule has 0 aliphatic carbocycles. The lowest BCUT2D eigenvalue weighted by molar-refractivity contribution is -0.0718. The molecule has 0 atom stereocenters. The first kappa shape index (κ1) is 11.9. The summed E-state index contributed by atoms with van der Waals surface area (Å²) < 4.78 is 6.52. The Morgan fingerprint density at radius 3 is 2.83 bits per heavy atom. The molecule has 0 spiro atoms. The van der Waals surface area contributed by atoms with Crippen molar-refractivity contribution in [3.05, 3.63) is 46.2 Å². The summed E-state index contributed by atoms with van der Waals surface area (Å²) in [5.74, 6) is 0. The Morgan fingerprint density at radius 1 is 1.44 bits per heavy atom. The van der Waals surface area contributed by atoms with E-state index >= 15 is 0 Å². The number of aromatic nitrogens is 3. The first-order chi connectivity index (χ1) is 8.68. The molecule has 1 aliphatic heterocycles. The highest BCUT2D eigenvalue weighted by Crippen LogP contribution is 2.35.